The number of phenols is 2. The van der Waals surface area contributed by atoms with E-state index in [-0.39, 0.29) is 69.5 Å². The Morgan fingerprint density at radius 3 is 2.71 bits per heavy atom. The lowest BCUT2D eigenvalue weighted by molar-refractivity contribution is -0.166. The number of carbonyl (C=O) groups excluding carboxylic acids is 1. The maximum absolute atomic E-state index is 14.0. The molecule has 294 valence electrons. The standard InChI is InChI=1S/C43H48N4O9/c1-3-22(19-48)42(53)55-33-17-31-38(52)37-32(51)16-28(20-49)54-40(37)36-30-15-25-14-27(50)8-7-23(25)5-6-24(35-29(30)10-11-46-41(35)45)13-26(43(33,2)56-39(31)36)12-21-4-9-34(44)47-18-21/h3-4,7-10,14,16,18,24,26,30,33-34,46-50,52H,5-6,11-13,15,17,19-20,44-45H2,1-2H3. The van der Waals surface area contributed by atoms with E-state index in [9.17, 15) is 30.0 Å². The van der Waals surface area contributed by atoms with Crippen LogP contribution in [0.3, 0.4) is 0 Å². The number of nitrogens with one attached hydrogen (secondary N) is 2. The van der Waals surface area contributed by atoms with Crippen molar-refractivity contribution in [2.75, 3.05) is 13.2 Å². The summed E-state index contributed by atoms with van der Waals surface area (Å²) in [6.45, 7) is 2.90. The Bertz CT molecular complexity index is 2340. The normalized spacial score (nSPS) is 26.9. The molecular formula is C43H48N4O9. The zero-order valence-electron chi connectivity index (χ0n) is 31.4. The van der Waals surface area contributed by atoms with Gasteiger partial charge in [-0.15, -0.1) is 0 Å². The SMILES string of the molecule is CC=C(CO)C(=O)OC1Cc2c3c(c4oc(CO)cc(=O)c4c2O)C2Cc4cc(O)ccc4CCC(CC(CC4=CNC(N)C=C4)C1(C)O3)C1=C(N)NCC=C12. The molecule has 0 fully saturated rings. The van der Waals surface area contributed by atoms with E-state index in [1.165, 1.54) is 6.08 Å². The number of hydrogen-bond donors (Lipinski definition) is 8. The van der Waals surface area contributed by atoms with Crippen LogP contribution in [0.1, 0.15) is 67.0 Å². The minimum absolute atomic E-state index is 0.0108. The molecule has 10 N–H and O–H groups in total. The predicted molar refractivity (Wildman–Crippen MR) is 208 cm³/mol. The molecule has 4 aliphatic heterocycles. The average Bonchev–Trinajstić information content (AvgIpc) is 3.23. The third kappa shape index (κ3) is 6.33. The number of ether oxygens (including phenoxy) is 2. The van der Waals surface area contributed by atoms with Crippen LogP contribution in [0.25, 0.3) is 11.0 Å². The number of aryl methyl sites for hydroxylation is 1. The highest BCUT2D eigenvalue weighted by atomic mass is 16.6. The van der Waals surface area contributed by atoms with Crippen molar-refractivity contribution >= 4 is 16.9 Å². The number of carbonyl (C=O) groups is 1. The molecule has 6 atom stereocenters. The first-order valence-electron chi connectivity index (χ1n) is 19.2. The fourth-order valence-electron chi connectivity index (χ4n) is 9.41. The second-order valence-corrected chi connectivity index (χ2v) is 15.6. The van der Waals surface area contributed by atoms with Crippen LogP contribution in [-0.2, 0) is 35.4 Å². The zero-order valence-corrected chi connectivity index (χ0v) is 31.4. The van der Waals surface area contributed by atoms with Crippen LogP contribution in [0.5, 0.6) is 17.2 Å². The topological polar surface area (TPSA) is 223 Å². The highest BCUT2D eigenvalue weighted by Gasteiger charge is 2.53. The Morgan fingerprint density at radius 1 is 1.16 bits per heavy atom. The summed E-state index contributed by atoms with van der Waals surface area (Å²) in [6.07, 6.45) is 10.7. The Hall–Kier alpha value is -5.50. The molecule has 4 bridgehead atoms. The van der Waals surface area contributed by atoms with Gasteiger partial charge < -0.3 is 56.4 Å². The first-order valence-corrected chi connectivity index (χ1v) is 19.2. The van der Waals surface area contributed by atoms with Gasteiger partial charge in [0.2, 0.25) is 0 Å². The lowest BCUT2D eigenvalue weighted by Gasteiger charge is -2.49. The van der Waals surface area contributed by atoms with Crippen LogP contribution in [0.15, 0.2) is 92.1 Å². The fourth-order valence-corrected chi connectivity index (χ4v) is 9.41. The quantitative estimate of drug-likeness (QED) is 0.133. The molecule has 8 rings (SSSR count). The number of dihydropyridines is 2. The molecule has 1 aromatic heterocycles. The molecule has 0 spiro atoms. The smallest absolute Gasteiger partial charge is 0.336 e. The number of rotatable bonds is 6. The van der Waals surface area contributed by atoms with Crippen LogP contribution in [0, 0.1) is 11.8 Å². The molecule has 5 aliphatic rings. The van der Waals surface area contributed by atoms with E-state index in [0.717, 1.165) is 33.9 Å². The van der Waals surface area contributed by atoms with Gasteiger partial charge in [0.15, 0.2) is 5.43 Å². The summed E-state index contributed by atoms with van der Waals surface area (Å²) < 4.78 is 20.0. The number of nitrogens with two attached hydrogens (primary N) is 2. The van der Waals surface area contributed by atoms with Crippen LogP contribution in [0.2, 0.25) is 0 Å². The largest absolute Gasteiger partial charge is 0.508 e. The van der Waals surface area contributed by atoms with E-state index in [4.69, 9.17) is 25.4 Å². The molecule has 0 saturated carbocycles. The summed E-state index contributed by atoms with van der Waals surface area (Å²) in [5.74, 6) is -1.24. The number of allylic oxidation sites excluding steroid dienone is 5. The Labute approximate surface area is 323 Å². The maximum atomic E-state index is 14.0. The van der Waals surface area contributed by atoms with E-state index >= 15 is 0 Å². The number of fused-ring (bicyclic) bond motifs is 5. The predicted octanol–water partition coefficient (Wildman–Crippen LogP) is 3.57. The van der Waals surface area contributed by atoms with Gasteiger partial charge in [-0.3, -0.25) is 4.79 Å². The average molecular weight is 765 g/mol. The van der Waals surface area contributed by atoms with E-state index in [2.05, 4.69) is 16.7 Å². The van der Waals surface area contributed by atoms with Gasteiger partial charge in [-0.1, -0.05) is 24.3 Å². The van der Waals surface area contributed by atoms with Crippen molar-refractivity contribution < 1.29 is 39.1 Å². The number of aliphatic hydroxyl groups excluding tert-OH is 2. The van der Waals surface area contributed by atoms with E-state index in [1.54, 1.807) is 19.1 Å². The van der Waals surface area contributed by atoms with Crippen molar-refractivity contribution in [3.63, 3.8) is 0 Å². The monoisotopic (exact) mass is 764 g/mol. The molecule has 0 saturated heterocycles. The number of aliphatic hydroxyl groups is 2. The molecule has 2 aromatic carbocycles. The Balaban J connectivity index is 1.47. The molecule has 6 unspecified atom stereocenters. The molecule has 13 heteroatoms. The minimum Gasteiger partial charge on any atom is -0.508 e. The highest BCUT2D eigenvalue weighted by molar-refractivity contribution is 5.92. The van der Waals surface area contributed by atoms with E-state index < -0.39 is 42.2 Å². The second-order valence-electron chi connectivity index (χ2n) is 15.6. The lowest BCUT2D eigenvalue weighted by Crippen LogP contribution is -2.57. The minimum atomic E-state index is -1.27. The van der Waals surface area contributed by atoms with Crippen molar-refractivity contribution in [2.45, 2.75) is 82.8 Å². The van der Waals surface area contributed by atoms with Crippen molar-refractivity contribution in [3.05, 3.63) is 121 Å². The van der Waals surface area contributed by atoms with Crippen LogP contribution in [0.4, 0.5) is 0 Å². The number of hydrogen-bond acceptors (Lipinski definition) is 13. The third-order valence-corrected chi connectivity index (χ3v) is 12.4. The van der Waals surface area contributed by atoms with E-state index in [0.29, 0.717) is 50.0 Å². The van der Waals surface area contributed by atoms with Gasteiger partial charge in [-0.05, 0) is 97.9 Å². The van der Waals surface area contributed by atoms with Gasteiger partial charge in [-0.25, -0.2) is 4.79 Å². The van der Waals surface area contributed by atoms with Gasteiger partial charge in [0.25, 0.3) is 0 Å². The molecule has 13 nitrogen and oxygen atoms in total. The van der Waals surface area contributed by atoms with Crippen molar-refractivity contribution in [2.24, 2.45) is 23.3 Å². The van der Waals surface area contributed by atoms with Gasteiger partial charge in [-0.2, -0.15) is 0 Å². The van der Waals surface area contributed by atoms with Crippen LogP contribution < -0.4 is 32.3 Å². The van der Waals surface area contributed by atoms with Gasteiger partial charge in [0.1, 0.15) is 58.1 Å². The summed E-state index contributed by atoms with van der Waals surface area (Å²) >= 11 is 0. The molecular weight excluding hydrogens is 716 g/mol. The van der Waals surface area contributed by atoms with Crippen LogP contribution >= 0.6 is 0 Å². The number of benzene rings is 2. The molecule has 5 heterocycles. The van der Waals surface area contributed by atoms with Crippen molar-refractivity contribution in [3.8, 4) is 17.2 Å². The fraction of sp³-hybridized carbons (Fsp3) is 0.395. The molecule has 3 aromatic rings. The summed E-state index contributed by atoms with van der Waals surface area (Å²) in [7, 11) is 0. The number of aromatic hydroxyl groups is 2. The van der Waals surface area contributed by atoms with Crippen molar-refractivity contribution in [1.82, 2.24) is 10.6 Å². The third-order valence-electron chi connectivity index (χ3n) is 12.4. The zero-order chi connectivity index (χ0) is 39.5. The number of esters is 1. The molecule has 0 amide bonds. The first kappa shape index (κ1) is 37.4. The van der Waals surface area contributed by atoms with Crippen molar-refractivity contribution in [1.29, 1.82) is 0 Å². The Morgan fingerprint density at radius 2 is 1.98 bits per heavy atom. The Kier molecular flexibility index (Phi) is 9.71. The van der Waals surface area contributed by atoms with Gasteiger partial charge in [0.05, 0.1) is 18.3 Å². The van der Waals surface area contributed by atoms with Gasteiger partial charge >= 0.3 is 5.97 Å². The first-order chi connectivity index (χ1) is 26.9. The lowest BCUT2D eigenvalue weighted by atomic mass is 9.67. The summed E-state index contributed by atoms with van der Waals surface area (Å²) in [4.78, 5) is 27.7. The van der Waals surface area contributed by atoms with E-state index in [1.807, 2.05) is 31.3 Å². The van der Waals surface area contributed by atoms with Crippen LogP contribution in [-0.4, -0.2) is 57.4 Å². The number of phenolic OH excluding ortho intramolecular Hbond substituents is 2. The second kappa shape index (κ2) is 14.5. The molecule has 1 aliphatic carbocycles. The summed E-state index contributed by atoms with van der Waals surface area (Å²) in [5.41, 5.74) is 16.9. The molecule has 56 heavy (non-hydrogen) atoms. The summed E-state index contributed by atoms with van der Waals surface area (Å²) in [6, 6.07) is 6.56. The molecule has 0 radical (unpaired) electrons. The van der Waals surface area contributed by atoms with Gasteiger partial charge in [0, 0.05) is 48.2 Å². The highest BCUT2D eigenvalue weighted by Crippen LogP contribution is 2.56. The maximum Gasteiger partial charge on any atom is 0.336 e. The summed E-state index contributed by atoms with van der Waals surface area (Å²) in [5, 5.41) is 49.7.